The Labute approximate surface area is 82.7 Å². The minimum atomic E-state index is -3.26. The van der Waals surface area contributed by atoms with Gasteiger partial charge in [-0.25, -0.2) is 8.42 Å². The Balaban J connectivity index is 2.98. The monoisotopic (exact) mass is 222 g/mol. The van der Waals surface area contributed by atoms with Gasteiger partial charge in [-0.1, -0.05) is 6.92 Å². The number of carboxylic acid groups (broad SMARTS) is 1. The van der Waals surface area contributed by atoms with Crippen LogP contribution in [-0.2, 0) is 14.6 Å². The Bertz CT molecular complexity index is 334. The lowest BCUT2D eigenvalue weighted by Crippen LogP contribution is -2.50. The van der Waals surface area contributed by atoms with E-state index in [1.54, 1.807) is 6.92 Å². The van der Waals surface area contributed by atoms with E-state index in [0.717, 1.165) is 0 Å². The predicted octanol–water partition coefficient (Wildman–Crippen LogP) is -0.353. The summed E-state index contributed by atoms with van der Waals surface area (Å²) >= 11 is 0. The van der Waals surface area contributed by atoms with Crippen LogP contribution in [0.25, 0.3) is 0 Å². The lowest BCUT2D eigenvalue weighted by Gasteiger charge is -2.36. The molecule has 1 rings (SSSR count). The standard InChI is InChI=1S/C8H14O5S/c1-2-8(7(10)11)3-4-14(12,13)5-6(8)9/h6,9H,2-5H2,1H3,(H,10,11). The molecule has 0 aromatic carbocycles. The molecule has 0 aliphatic carbocycles. The quantitative estimate of drug-likeness (QED) is 0.666. The third-order valence-corrected chi connectivity index (χ3v) is 4.62. The van der Waals surface area contributed by atoms with Gasteiger partial charge in [0.25, 0.3) is 0 Å². The highest BCUT2D eigenvalue weighted by molar-refractivity contribution is 7.91. The fraction of sp³-hybridized carbons (Fsp3) is 0.875. The van der Waals surface area contributed by atoms with Crippen LogP contribution in [0.5, 0.6) is 0 Å². The lowest BCUT2D eigenvalue weighted by atomic mass is 9.77. The molecule has 14 heavy (non-hydrogen) atoms. The van der Waals surface area contributed by atoms with Gasteiger partial charge in [-0.15, -0.1) is 0 Å². The molecule has 0 bridgehead atoms. The molecule has 0 amide bonds. The molecule has 1 saturated heterocycles. The number of carboxylic acids is 1. The molecule has 1 heterocycles. The Morgan fingerprint density at radius 3 is 2.50 bits per heavy atom. The first-order valence-electron chi connectivity index (χ1n) is 4.46. The molecule has 1 aliphatic rings. The van der Waals surface area contributed by atoms with Crippen molar-refractivity contribution in [1.29, 1.82) is 0 Å². The summed E-state index contributed by atoms with van der Waals surface area (Å²) in [5.74, 6) is -1.69. The van der Waals surface area contributed by atoms with Gasteiger partial charge in [0.1, 0.15) is 0 Å². The van der Waals surface area contributed by atoms with E-state index < -0.39 is 33.1 Å². The number of rotatable bonds is 2. The number of aliphatic carboxylic acids is 1. The Morgan fingerprint density at radius 2 is 2.14 bits per heavy atom. The summed E-state index contributed by atoms with van der Waals surface area (Å²) in [7, 11) is -3.26. The van der Waals surface area contributed by atoms with Gasteiger partial charge < -0.3 is 10.2 Å². The van der Waals surface area contributed by atoms with E-state index in [1.807, 2.05) is 0 Å². The van der Waals surface area contributed by atoms with Crippen LogP contribution >= 0.6 is 0 Å². The zero-order valence-corrected chi connectivity index (χ0v) is 8.75. The molecule has 0 radical (unpaired) electrons. The first-order chi connectivity index (χ1) is 6.34. The van der Waals surface area contributed by atoms with Gasteiger partial charge in [-0.2, -0.15) is 0 Å². The van der Waals surface area contributed by atoms with Crippen LogP contribution in [0.15, 0.2) is 0 Å². The number of carbonyl (C=O) groups is 1. The summed E-state index contributed by atoms with van der Waals surface area (Å²) in [4.78, 5) is 11.0. The van der Waals surface area contributed by atoms with E-state index in [-0.39, 0.29) is 18.6 Å². The number of hydrogen-bond acceptors (Lipinski definition) is 4. The highest BCUT2D eigenvalue weighted by Gasteiger charge is 2.49. The largest absolute Gasteiger partial charge is 0.481 e. The summed E-state index contributed by atoms with van der Waals surface area (Å²) in [6.45, 7) is 1.65. The SMILES string of the molecule is CCC1(C(=O)O)CCS(=O)(=O)CC1O. The highest BCUT2D eigenvalue weighted by Crippen LogP contribution is 2.36. The van der Waals surface area contributed by atoms with Gasteiger partial charge in [-0.05, 0) is 12.8 Å². The smallest absolute Gasteiger partial charge is 0.312 e. The summed E-state index contributed by atoms with van der Waals surface area (Å²) < 4.78 is 22.3. The van der Waals surface area contributed by atoms with Crippen molar-refractivity contribution in [3.05, 3.63) is 0 Å². The molecule has 0 spiro atoms. The number of aliphatic hydroxyl groups excluding tert-OH is 1. The molecule has 5 nitrogen and oxygen atoms in total. The van der Waals surface area contributed by atoms with Gasteiger partial charge in [0.05, 0.1) is 23.0 Å². The van der Waals surface area contributed by atoms with Crippen LogP contribution in [0, 0.1) is 5.41 Å². The molecule has 0 aromatic heterocycles. The number of sulfone groups is 1. The predicted molar refractivity (Wildman–Crippen MR) is 49.6 cm³/mol. The van der Waals surface area contributed by atoms with Crippen molar-refractivity contribution in [3.63, 3.8) is 0 Å². The van der Waals surface area contributed by atoms with Crippen LogP contribution in [0.3, 0.4) is 0 Å². The molecule has 1 fully saturated rings. The van der Waals surface area contributed by atoms with Crippen LogP contribution in [0.1, 0.15) is 19.8 Å². The summed E-state index contributed by atoms with van der Waals surface area (Å²) in [5, 5.41) is 18.5. The maximum Gasteiger partial charge on any atom is 0.312 e. The van der Waals surface area contributed by atoms with Gasteiger partial charge >= 0.3 is 5.97 Å². The highest BCUT2D eigenvalue weighted by atomic mass is 32.2. The van der Waals surface area contributed by atoms with Crippen LogP contribution < -0.4 is 0 Å². The van der Waals surface area contributed by atoms with E-state index >= 15 is 0 Å². The molecule has 0 saturated carbocycles. The Morgan fingerprint density at radius 1 is 1.57 bits per heavy atom. The fourth-order valence-electron chi connectivity index (χ4n) is 1.80. The van der Waals surface area contributed by atoms with E-state index in [4.69, 9.17) is 5.11 Å². The number of hydrogen-bond donors (Lipinski definition) is 2. The molecule has 6 heteroatoms. The topological polar surface area (TPSA) is 91.7 Å². The maximum atomic E-state index is 11.1. The minimum Gasteiger partial charge on any atom is -0.481 e. The van der Waals surface area contributed by atoms with Gasteiger partial charge in [0, 0.05) is 0 Å². The van der Waals surface area contributed by atoms with Crippen molar-refractivity contribution in [2.45, 2.75) is 25.9 Å². The Hall–Kier alpha value is -0.620. The van der Waals surface area contributed by atoms with Crippen molar-refractivity contribution in [2.24, 2.45) is 5.41 Å². The van der Waals surface area contributed by atoms with E-state index in [0.29, 0.717) is 0 Å². The van der Waals surface area contributed by atoms with Crippen LogP contribution in [0.4, 0.5) is 0 Å². The van der Waals surface area contributed by atoms with Gasteiger partial charge in [0.2, 0.25) is 0 Å². The van der Waals surface area contributed by atoms with E-state index in [1.165, 1.54) is 0 Å². The molecule has 0 aromatic rings. The molecular formula is C8H14O5S. The van der Waals surface area contributed by atoms with Gasteiger partial charge in [0.15, 0.2) is 9.84 Å². The molecule has 1 aliphatic heterocycles. The first kappa shape index (κ1) is 11.5. The number of aliphatic hydroxyl groups is 1. The summed E-state index contributed by atoms with van der Waals surface area (Å²) in [5.41, 5.74) is -1.27. The third-order valence-electron chi connectivity index (χ3n) is 2.97. The normalized spacial score (nSPS) is 36.6. The Kier molecular flexibility index (Phi) is 2.87. The summed E-state index contributed by atoms with van der Waals surface area (Å²) in [6, 6.07) is 0. The lowest BCUT2D eigenvalue weighted by molar-refractivity contribution is -0.156. The molecule has 82 valence electrons. The van der Waals surface area contributed by atoms with Crippen LogP contribution in [0.2, 0.25) is 0 Å². The van der Waals surface area contributed by atoms with Crippen molar-refractivity contribution in [1.82, 2.24) is 0 Å². The van der Waals surface area contributed by atoms with Crippen molar-refractivity contribution in [3.8, 4) is 0 Å². The van der Waals surface area contributed by atoms with Crippen molar-refractivity contribution >= 4 is 15.8 Å². The second kappa shape index (κ2) is 3.51. The average molecular weight is 222 g/mol. The first-order valence-corrected chi connectivity index (χ1v) is 6.28. The van der Waals surface area contributed by atoms with E-state index in [2.05, 4.69) is 0 Å². The second-order valence-electron chi connectivity index (χ2n) is 3.70. The molecule has 2 N–H and O–H groups in total. The minimum absolute atomic E-state index is 0.00231. The van der Waals surface area contributed by atoms with E-state index in [9.17, 15) is 18.3 Å². The molecule has 2 atom stereocenters. The van der Waals surface area contributed by atoms with Crippen molar-refractivity contribution in [2.75, 3.05) is 11.5 Å². The van der Waals surface area contributed by atoms with Crippen LogP contribution in [-0.4, -0.2) is 42.2 Å². The zero-order valence-electron chi connectivity index (χ0n) is 7.93. The average Bonchev–Trinajstić information content (AvgIpc) is 2.03. The molecule has 2 unspecified atom stereocenters. The zero-order chi connectivity index (χ0) is 11.0. The second-order valence-corrected chi connectivity index (χ2v) is 5.92. The summed E-state index contributed by atoms with van der Waals surface area (Å²) in [6.07, 6.45) is -1.04. The maximum absolute atomic E-state index is 11.1. The fourth-order valence-corrected chi connectivity index (χ4v) is 3.44. The molecular weight excluding hydrogens is 208 g/mol. The van der Waals surface area contributed by atoms with Crippen molar-refractivity contribution < 1.29 is 23.4 Å². The van der Waals surface area contributed by atoms with Gasteiger partial charge in [-0.3, -0.25) is 4.79 Å². The third kappa shape index (κ3) is 1.76.